The summed E-state index contributed by atoms with van der Waals surface area (Å²) in [6.45, 7) is 3.82. The van der Waals surface area contributed by atoms with Crippen LogP contribution < -0.4 is 0 Å². The fraction of sp³-hybridized carbons (Fsp3) is 0.455. The third-order valence-electron chi connectivity index (χ3n) is 6.20. The molecule has 0 aliphatic heterocycles. The molecule has 162 valence electrons. The summed E-state index contributed by atoms with van der Waals surface area (Å²) >= 11 is 0. The van der Waals surface area contributed by atoms with Gasteiger partial charge in [0, 0.05) is 0 Å². The van der Waals surface area contributed by atoms with Gasteiger partial charge in [-0.05, 0) is 75.1 Å². The minimum Gasteiger partial charge on any atom is -0.266 e. The number of fused-ring (bicyclic) bond motifs is 2. The van der Waals surface area contributed by atoms with Gasteiger partial charge in [0.25, 0.3) is 20.2 Å². The molecule has 2 bridgehead atoms. The zero-order valence-electron chi connectivity index (χ0n) is 17.0. The van der Waals surface area contributed by atoms with Crippen molar-refractivity contribution in [2.75, 3.05) is 6.61 Å². The maximum absolute atomic E-state index is 12.7. The normalized spacial score (nSPS) is 26.2. The summed E-state index contributed by atoms with van der Waals surface area (Å²) in [4.78, 5) is 0.275. The number of aryl methyl sites for hydroxylation is 2. The maximum Gasteiger partial charge on any atom is 0.297 e. The molecule has 2 saturated carbocycles. The molecule has 2 fully saturated rings. The molecule has 4 rings (SSSR count). The average molecular weight is 451 g/mol. The van der Waals surface area contributed by atoms with E-state index in [1.54, 1.807) is 36.4 Å². The minimum absolute atomic E-state index is 0.0246. The van der Waals surface area contributed by atoms with Crippen molar-refractivity contribution in [2.45, 2.75) is 49.0 Å². The fourth-order valence-corrected chi connectivity index (χ4v) is 6.69. The number of hydrogen-bond acceptors (Lipinski definition) is 6. The molecule has 0 radical (unpaired) electrons. The van der Waals surface area contributed by atoms with Gasteiger partial charge in [-0.3, -0.25) is 8.37 Å². The van der Waals surface area contributed by atoms with Crippen molar-refractivity contribution in [3.63, 3.8) is 0 Å². The second kappa shape index (κ2) is 8.07. The van der Waals surface area contributed by atoms with Crippen molar-refractivity contribution in [1.82, 2.24) is 0 Å². The molecule has 0 amide bonds. The van der Waals surface area contributed by atoms with Crippen LogP contribution in [0.15, 0.2) is 58.3 Å². The SMILES string of the molecule is Cc1ccc(S(=O)(=O)OC[C@@H]2C[C@@H]3C[C@H]2[C@H](OS(=O)(=O)c2ccc(C)cc2)C3)cc1. The van der Waals surface area contributed by atoms with E-state index in [4.69, 9.17) is 8.37 Å². The van der Waals surface area contributed by atoms with Crippen LogP contribution in [-0.2, 0) is 28.6 Å². The van der Waals surface area contributed by atoms with Gasteiger partial charge in [-0.1, -0.05) is 35.4 Å². The third-order valence-corrected chi connectivity index (χ3v) is 8.84. The summed E-state index contributed by atoms with van der Waals surface area (Å²) in [5.74, 6) is 0.273. The van der Waals surface area contributed by atoms with Crippen molar-refractivity contribution < 1.29 is 25.2 Å². The lowest BCUT2D eigenvalue weighted by molar-refractivity contribution is 0.0852. The van der Waals surface area contributed by atoms with Crippen molar-refractivity contribution in [2.24, 2.45) is 17.8 Å². The Labute approximate surface area is 178 Å². The van der Waals surface area contributed by atoms with Crippen molar-refractivity contribution in [3.8, 4) is 0 Å². The Hall–Kier alpha value is -1.74. The second-order valence-electron chi connectivity index (χ2n) is 8.45. The molecule has 0 aromatic heterocycles. The lowest BCUT2D eigenvalue weighted by Crippen LogP contribution is -2.32. The molecule has 8 heteroatoms. The molecule has 0 unspecified atom stereocenters. The van der Waals surface area contributed by atoms with E-state index in [-0.39, 0.29) is 28.2 Å². The van der Waals surface area contributed by atoms with Crippen LogP contribution in [0.4, 0.5) is 0 Å². The Balaban J connectivity index is 1.41. The second-order valence-corrected chi connectivity index (χ2v) is 11.6. The van der Waals surface area contributed by atoms with E-state index >= 15 is 0 Å². The largest absolute Gasteiger partial charge is 0.297 e. The average Bonchev–Trinajstić information content (AvgIpc) is 3.27. The first-order valence-electron chi connectivity index (χ1n) is 10.1. The van der Waals surface area contributed by atoms with Crippen LogP contribution in [-0.4, -0.2) is 29.5 Å². The monoisotopic (exact) mass is 450 g/mol. The highest BCUT2D eigenvalue weighted by molar-refractivity contribution is 7.87. The zero-order valence-corrected chi connectivity index (χ0v) is 18.7. The molecule has 2 aliphatic carbocycles. The minimum atomic E-state index is -3.86. The van der Waals surface area contributed by atoms with Crippen LogP contribution in [0.5, 0.6) is 0 Å². The van der Waals surface area contributed by atoms with Crippen LogP contribution in [0.25, 0.3) is 0 Å². The standard InChI is InChI=1S/C22H26O6S2/c1-15-3-7-19(8-4-15)29(23,24)27-14-18-11-17-12-21(18)22(13-17)28-30(25,26)20-9-5-16(2)6-10-20/h3-10,17-18,21-22H,11-14H2,1-2H3/t17-,18+,21-,22-/m1/s1. The lowest BCUT2D eigenvalue weighted by Gasteiger charge is -2.28. The van der Waals surface area contributed by atoms with E-state index in [0.717, 1.165) is 24.0 Å². The van der Waals surface area contributed by atoms with Gasteiger partial charge in [0.1, 0.15) is 0 Å². The Kier molecular flexibility index (Phi) is 5.78. The molecule has 2 aromatic carbocycles. The van der Waals surface area contributed by atoms with Gasteiger partial charge in [-0.15, -0.1) is 0 Å². The number of rotatable bonds is 7. The third kappa shape index (κ3) is 4.46. The van der Waals surface area contributed by atoms with Crippen LogP contribution in [0.3, 0.4) is 0 Å². The Morgan fingerprint density at radius 2 is 1.30 bits per heavy atom. The number of hydrogen-bond donors (Lipinski definition) is 0. The topological polar surface area (TPSA) is 86.7 Å². The highest BCUT2D eigenvalue weighted by Crippen LogP contribution is 2.50. The predicted octanol–water partition coefficient (Wildman–Crippen LogP) is 3.83. The van der Waals surface area contributed by atoms with Crippen LogP contribution >= 0.6 is 0 Å². The van der Waals surface area contributed by atoms with Gasteiger partial charge in [0.05, 0.1) is 22.5 Å². The van der Waals surface area contributed by atoms with Gasteiger partial charge in [-0.2, -0.15) is 16.8 Å². The molecule has 6 nitrogen and oxygen atoms in total. The highest BCUT2D eigenvalue weighted by Gasteiger charge is 2.49. The molecular formula is C22H26O6S2. The van der Waals surface area contributed by atoms with Crippen LogP contribution in [0.1, 0.15) is 30.4 Å². The van der Waals surface area contributed by atoms with E-state index < -0.39 is 26.3 Å². The van der Waals surface area contributed by atoms with Crippen molar-refractivity contribution >= 4 is 20.2 Å². The van der Waals surface area contributed by atoms with Crippen LogP contribution in [0.2, 0.25) is 0 Å². The van der Waals surface area contributed by atoms with E-state index in [1.807, 2.05) is 13.8 Å². The van der Waals surface area contributed by atoms with Gasteiger partial charge < -0.3 is 0 Å². The molecule has 30 heavy (non-hydrogen) atoms. The van der Waals surface area contributed by atoms with Crippen molar-refractivity contribution in [3.05, 3.63) is 59.7 Å². The number of benzene rings is 2. The van der Waals surface area contributed by atoms with Crippen molar-refractivity contribution in [1.29, 1.82) is 0 Å². The molecule has 2 aromatic rings. The van der Waals surface area contributed by atoms with E-state index in [0.29, 0.717) is 12.3 Å². The van der Waals surface area contributed by atoms with E-state index in [1.165, 1.54) is 12.1 Å². The van der Waals surface area contributed by atoms with Gasteiger partial charge in [0.15, 0.2) is 0 Å². The summed E-state index contributed by atoms with van der Waals surface area (Å²) in [6, 6.07) is 13.1. The maximum atomic E-state index is 12.7. The lowest BCUT2D eigenvalue weighted by atomic mass is 9.87. The quantitative estimate of drug-likeness (QED) is 0.596. The molecular weight excluding hydrogens is 424 g/mol. The first-order valence-corrected chi connectivity index (χ1v) is 12.9. The summed E-state index contributed by atoms with van der Waals surface area (Å²) in [5.41, 5.74) is 1.94. The molecule has 2 aliphatic rings. The first-order chi connectivity index (χ1) is 14.1. The van der Waals surface area contributed by atoms with Gasteiger partial charge in [-0.25, -0.2) is 0 Å². The molecule has 4 atom stereocenters. The summed E-state index contributed by atoms with van der Waals surface area (Å²) in [6.07, 6.45) is 1.91. The Morgan fingerprint density at radius 1 is 0.767 bits per heavy atom. The zero-order chi connectivity index (χ0) is 21.5. The molecule has 0 saturated heterocycles. The molecule has 0 heterocycles. The predicted molar refractivity (Wildman–Crippen MR) is 112 cm³/mol. The summed E-state index contributed by atoms with van der Waals surface area (Å²) < 4.78 is 61.2. The Morgan fingerprint density at radius 3 is 1.83 bits per heavy atom. The van der Waals surface area contributed by atoms with Gasteiger partial charge in [0.2, 0.25) is 0 Å². The fourth-order valence-electron chi connectivity index (χ4n) is 4.60. The molecule has 0 spiro atoms. The Bertz CT molecular complexity index is 1100. The molecule has 0 N–H and O–H groups in total. The van der Waals surface area contributed by atoms with E-state index in [2.05, 4.69) is 0 Å². The van der Waals surface area contributed by atoms with Gasteiger partial charge >= 0.3 is 0 Å². The first kappa shape index (κ1) is 21.5. The smallest absolute Gasteiger partial charge is 0.266 e. The van der Waals surface area contributed by atoms with E-state index in [9.17, 15) is 16.8 Å². The van der Waals surface area contributed by atoms with Crippen LogP contribution in [0, 0.1) is 31.6 Å². The summed E-state index contributed by atoms with van der Waals surface area (Å²) in [7, 11) is -7.70. The highest BCUT2D eigenvalue weighted by atomic mass is 32.2. The summed E-state index contributed by atoms with van der Waals surface area (Å²) in [5, 5.41) is 0.